The summed E-state index contributed by atoms with van der Waals surface area (Å²) in [6.45, 7) is 14.3. The third-order valence-corrected chi connectivity index (χ3v) is 3.98. The molecule has 0 rings (SSSR count). The van der Waals surface area contributed by atoms with Gasteiger partial charge in [0.2, 0.25) is 0 Å². The molecule has 0 aromatic rings. The molecule has 0 saturated carbocycles. The summed E-state index contributed by atoms with van der Waals surface area (Å²) < 4.78 is 5.27. The Kier molecular flexibility index (Phi) is 10.7. The fourth-order valence-corrected chi connectivity index (χ4v) is 2.82. The van der Waals surface area contributed by atoms with Gasteiger partial charge in [0.25, 0.3) is 0 Å². The van der Waals surface area contributed by atoms with Crippen LogP contribution >= 0.6 is 0 Å². The van der Waals surface area contributed by atoms with Gasteiger partial charge in [-0.1, -0.05) is 27.7 Å². The van der Waals surface area contributed by atoms with Crippen molar-refractivity contribution >= 4 is 0 Å². The summed E-state index contributed by atoms with van der Waals surface area (Å²) in [5.74, 6) is 0. The molecule has 0 aliphatic rings. The summed E-state index contributed by atoms with van der Waals surface area (Å²) in [7, 11) is 1.79. The van der Waals surface area contributed by atoms with E-state index in [2.05, 4.69) is 44.8 Å². The van der Waals surface area contributed by atoms with Crippen LogP contribution in [-0.2, 0) is 4.74 Å². The maximum Gasteiger partial charge on any atom is 0.0589 e. The number of methoxy groups -OCH3 is 1. The highest BCUT2D eigenvalue weighted by Crippen LogP contribution is 2.16. The van der Waals surface area contributed by atoms with Crippen molar-refractivity contribution in [2.45, 2.75) is 72.0 Å². The second-order valence-corrected chi connectivity index (χ2v) is 5.01. The quantitative estimate of drug-likeness (QED) is 0.617. The minimum atomic E-state index is 0.565. The number of rotatable bonds is 11. The van der Waals surface area contributed by atoms with E-state index in [0.29, 0.717) is 18.1 Å². The topological polar surface area (TPSA) is 24.5 Å². The van der Waals surface area contributed by atoms with Crippen LogP contribution in [0.5, 0.6) is 0 Å². The van der Waals surface area contributed by atoms with E-state index in [1.54, 1.807) is 7.11 Å². The Hall–Kier alpha value is -0.120. The minimum absolute atomic E-state index is 0.565. The van der Waals surface area contributed by atoms with Crippen LogP contribution in [0.15, 0.2) is 0 Å². The molecule has 2 atom stereocenters. The van der Waals surface area contributed by atoms with Gasteiger partial charge in [-0.05, 0) is 32.7 Å². The van der Waals surface area contributed by atoms with Gasteiger partial charge in [-0.15, -0.1) is 0 Å². The molecule has 0 aromatic heterocycles. The van der Waals surface area contributed by atoms with Gasteiger partial charge in [0.15, 0.2) is 0 Å². The van der Waals surface area contributed by atoms with Crippen molar-refractivity contribution in [3.8, 4) is 0 Å². The van der Waals surface area contributed by atoms with E-state index in [0.717, 1.165) is 19.7 Å². The second-order valence-electron chi connectivity index (χ2n) is 5.01. The molecule has 0 aliphatic heterocycles. The third kappa shape index (κ3) is 5.68. The highest BCUT2D eigenvalue weighted by atomic mass is 16.5. The molecule has 0 heterocycles. The molecular weight excluding hydrogens is 224 g/mol. The number of hydrogen-bond donors (Lipinski definition) is 1. The molecule has 0 radical (unpaired) electrons. The maximum atomic E-state index is 5.27. The van der Waals surface area contributed by atoms with Gasteiger partial charge in [-0.2, -0.15) is 0 Å². The molecule has 0 aromatic carbocycles. The van der Waals surface area contributed by atoms with Crippen LogP contribution in [0.4, 0.5) is 0 Å². The summed E-state index contributed by atoms with van der Waals surface area (Å²) in [5, 5.41) is 3.61. The average molecular weight is 258 g/mol. The molecule has 1 N–H and O–H groups in total. The molecule has 110 valence electrons. The van der Waals surface area contributed by atoms with E-state index in [-0.39, 0.29) is 0 Å². The first kappa shape index (κ1) is 17.9. The molecular formula is C15H34N2O. The number of hydrogen-bond acceptors (Lipinski definition) is 3. The predicted octanol–water partition coefficient (Wildman–Crippen LogP) is 2.90. The van der Waals surface area contributed by atoms with Gasteiger partial charge >= 0.3 is 0 Å². The summed E-state index contributed by atoms with van der Waals surface area (Å²) >= 11 is 0. The van der Waals surface area contributed by atoms with E-state index in [9.17, 15) is 0 Å². The van der Waals surface area contributed by atoms with E-state index < -0.39 is 0 Å². The first-order valence-electron chi connectivity index (χ1n) is 7.64. The number of nitrogens with one attached hydrogen (secondary N) is 1. The molecule has 0 aliphatic carbocycles. The third-order valence-electron chi connectivity index (χ3n) is 3.98. The average Bonchev–Trinajstić information content (AvgIpc) is 2.40. The lowest BCUT2D eigenvalue weighted by molar-refractivity contribution is 0.0691. The zero-order chi connectivity index (χ0) is 14.0. The van der Waals surface area contributed by atoms with Gasteiger partial charge in [-0.25, -0.2) is 0 Å². The Morgan fingerprint density at radius 1 is 1.06 bits per heavy atom. The van der Waals surface area contributed by atoms with Crippen LogP contribution in [0, 0.1) is 0 Å². The largest absolute Gasteiger partial charge is 0.383 e. The Morgan fingerprint density at radius 2 is 1.67 bits per heavy atom. The molecule has 0 fully saturated rings. The lowest BCUT2D eigenvalue weighted by atomic mass is 10.0. The fourth-order valence-electron chi connectivity index (χ4n) is 2.82. The smallest absolute Gasteiger partial charge is 0.0589 e. The molecule has 18 heavy (non-hydrogen) atoms. The molecule has 0 amide bonds. The van der Waals surface area contributed by atoms with Crippen LogP contribution < -0.4 is 5.32 Å². The second kappa shape index (κ2) is 10.8. The monoisotopic (exact) mass is 258 g/mol. The molecule has 0 saturated heterocycles. The van der Waals surface area contributed by atoms with E-state index in [1.807, 2.05) is 0 Å². The number of nitrogens with zero attached hydrogens (tertiary/aromatic N) is 1. The molecule has 3 heteroatoms. The Bertz CT molecular complexity index is 181. The van der Waals surface area contributed by atoms with Crippen molar-refractivity contribution in [1.82, 2.24) is 10.2 Å². The lowest BCUT2D eigenvalue weighted by Gasteiger charge is -2.39. The lowest BCUT2D eigenvalue weighted by Crippen LogP contribution is -2.52. The highest BCUT2D eigenvalue weighted by molar-refractivity contribution is 4.83. The van der Waals surface area contributed by atoms with Crippen molar-refractivity contribution in [3.63, 3.8) is 0 Å². The molecule has 0 spiro atoms. The predicted molar refractivity (Wildman–Crippen MR) is 80.2 cm³/mol. The van der Waals surface area contributed by atoms with Crippen LogP contribution in [-0.4, -0.2) is 49.8 Å². The van der Waals surface area contributed by atoms with E-state index >= 15 is 0 Å². The highest BCUT2D eigenvalue weighted by Gasteiger charge is 2.25. The van der Waals surface area contributed by atoms with Gasteiger partial charge in [0.05, 0.1) is 6.61 Å². The van der Waals surface area contributed by atoms with Crippen molar-refractivity contribution in [2.75, 3.05) is 26.8 Å². The zero-order valence-electron chi connectivity index (χ0n) is 13.3. The molecule has 2 unspecified atom stereocenters. The van der Waals surface area contributed by atoms with E-state index in [4.69, 9.17) is 4.74 Å². The van der Waals surface area contributed by atoms with Gasteiger partial charge in [-0.3, -0.25) is 4.90 Å². The van der Waals surface area contributed by atoms with Crippen molar-refractivity contribution in [3.05, 3.63) is 0 Å². The Morgan fingerprint density at radius 3 is 2.06 bits per heavy atom. The Balaban J connectivity index is 4.68. The molecule has 3 nitrogen and oxygen atoms in total. The summed E-state index contributed by atoms with van der Waals surface area (Å²) in [4.78, 5) is 2.63. The summed E-state index contributed by atoms with van der Waals surface area (Å²) in [5.41, 5.74) is 0. The molecule has 0 bridgehead atoms. The van der Waals surface area contributed by atoms with Crippen LogP contribution in [0.25, 0.3) is 0 Å². The summed E-state index contributed by atoms with van der Waals surface area (Å²) in [6.07, 6.45) is 3.61. The van der Waals surface area contributed by atoms with E-state index in [1.165, 1.54) is 19.3 Å². The fraction of sp³-hybridized carbons (Fsp3) is 1.00. The maximum absolute atomic E-state index is 5.27. The minimum Gasteiger partial charge on any atom is -0.383 e. The van der Waals surface area contributed by atoms with Crippen molar-refractivity contribution < 1.29 is 4.74 Å². The first-order chi connectivity index (χ1) is 8.65. The number of ether oxygens (including phenoxy) is 1. The Labute approximate surface area is 114 Å². The van der Waals surface area contributed by atoms with Crippen LogP contribution in [0.3, 0.4) is 0 Å². The van der Waals surface area contributed by atoms with Crippen LogP contribution in [0.1, 0.15) is 53.9 Å². The standard InChI is InChI=1S/C15H34N2O/c1-7-14(8-2)17(11-12-18-6)13(5)15(9-3)16-10-4/h13-16H,7-12H2,1-6H3. The normalized spacial score (nSPS) is 15.3. The summed E-state index contributed by atoms with van der Waals surface area (Å²) in [6, 6.07) is 1.81. The van der Waals surface area contributed by atoms with Crippen molar-refractivity contribution in [2.24, 2.45) is 0 Å². The van der Waals surface area contributed by atoms with Gasteiger partial charge in [0, 0.05) is 31.8 Å². The number of likely N-dealkylation sites (N-methyl/N-ethyl adjacent to an activating group) is 1. The van der Waals surface area contributed by atoms with Gasteiger partial charge in [0.1, 0.15) is 0 Å². The first-order valence-corrected chi connectivity index (χ1v) is 7.64. The SMILES string of the molecule is CCNC(CC)C(C)N(CCOC)C(CC)CC. The van der Waals surface area contributed by atoms with Gasteiger partial charge < -0.3 is 10.1 Å². The van der Waals surface area contributed by atoms with Crippen LogP contribution in [0.2, 0.25) is 0 Å². The van der Waals surface area contributed by atoms with Crippen molar-refractivity contribution in [1.29, 1.82) is 0 Å². The zero-order valence-corrected chi connectivity index (χ0v) is 13.3.